The fourth-order valence-corrected chi connectivity index (χ4v) is 2.21. The summed E-state index contributed by atoms with van der Waals surface area (Å²) in [6.07, 6.45) is 3.19. The highest BCUT2D eigenvalue weighted by molar-refractivity contribution is 5.76. The molecule has 2 rings (SSSR count). The van der Waals surface area contributed by atoms with Gasteiger partial charge in [0.15, 0.2) is 6.10 Å². The van der Waals surface area contributed by atoms with E-state index in [0.717, 1.165) is 5.56 Å². The Morgan fingerprint density at radius 2 is 1.80 bits per heavy atom. The normalized spacial score (nSPS) is 13.8. The zero-order valence-electron chi connectivity index (χ0n) is 11.9. The SMILES string of the molecule is COC(=O)C(OC)c1ccn([C@H](C)c2ccccc2)c1. The lowest BCUT2D eigenvalue weighted by atomic mass is 10.1. The van der Waals surface area contributed by atoms with Crippen molar-refractivity contribution in [3.8, 4) is 0 Å². The number of carbonyl (C=O) groups is 1. The summed E-state index contributed by atoms with van der Waals surface area (Å²) in [4.78, 5) is 11.6. The van der Waals surface area contributed by atoms with Crippen LogP contribution in [0.5, 0.6) is 0 Å². The van der Waals surface area contributed by atoms with Crippen molar-refractivity contribution in [3.05, 3.63) is 59.9 Å². The van der Waals surface area contributed by atoms with Gasteiger partial charge in [-0.05, 0) is 18.6 Å². The molecule has 20 heavy (non-hydrogen) atoms. The average Bonchev–Trinajstić information content (AvgIpc) is 2.97. The van der Waals surface area contributed by atoms with E-state index in [2.05, 4.69) is 23.6 Å². The van der Waals surface area contributed by atoms with Crippen molar-refractivity contribution in [2.24, 2.45) is 0 Å². The second-order valence-electron chi connectivity index (χ2n) is 4.62. The summed E-state index contributed by atoms with van der Waals surface area (Å²) in [5.41, 5.74) is 2.00. The minimum absolute atomic E-state index is 0.195. The largest absolute Gasteiger partial charge is 0.467 e. The number of methoxy groups -OCH3 is 2. The maximum Gasteiger partial charge on any atom is 0.339 e. The Kier molecular flexibility index (Phi) is 4.58. The van der Waals surface area contributed by atoms with Crippen LogP contribution in [-0.2, 0) is 14.3 Å². The molecular formula is C16H19NO3. The molecule has 0 fully saturated rings. The predicted octanol–water partition coefficient (Wildman–Crippen LogP) is 2.96. The number of aromatic nitrogens is 1. The molecule has 4 nitrogen and oxygen atoms in total. The number of hydrogen-bond acceptors (Lipinski definition) is 3. The van der Waals surface area contributed by atoms with Crippen molar-refractivity contribution >= 4 is 5.97 Å². The molecule has 106 valence electrons. The van der Waals surface area contributed by atoms with E-state index < -0.39 is 12.1 Å². The molecule has 4 heteroatoms. The Bertz CT molecular complexity index is 562. The van der Waals surface area contributed by atoms with E-state index in [-0.39, 0.29) is 6.04 Å². The number of benzene rings is 1. The van der Waals surface area contributed by atoms with Crippen LogP contribution in [0.1, 0.15) is 30.2 Å². The molecule has 0 radical (unpaired) electrons. The van der Waals surface area contributed by atoms with Crippen LogP contribution < -0.4 is 0 Å². The van der Waals surface area contributed by atoms with Crippen molar-refractivity contribution in [1.82, 2.24) is 4.57 Å². The first kappa shape index (κ1) is 14.3. The lowest BCUT2D eigenvalue weighted by molar-refractivity contribution is -0.152. The van der Waals surface area contributed by atoms with Crippen molar-refractivity contribution < 1.29 is 14.3 Å². The van der Waals surface area contributed by atoms with Gasteiger partial charge in [-0.25, -0.2) is 4.79 Å². The fourth-order valence-electron chi connectivity index (χ4n) is 2.21. The standard InChI is InChI=1S/C16H19NO3/c1-12(13-7-5-4-6-8-13)17-10-9-14(11-17)15(19-2)16(18)20-3/h4-12,15H,1-3H3/t12-,15?/m1/s1. The van der Waals surface area contributed by atoms with Crippen LogP contribution >= 0.6 is 0 Å². The van der Waals surface area contributed by atoms with Crippen molar-refractivity contribution in [3.63, 3.8) is 0 Å². The maximum absolute atomic E-state index is 11.6. The first-order valence-corrected chi connectivity index (χ1v) is 6.50. The number of rotatable bonds is 5. The Labute approximate surface area is 118 Å². The first-order chi connectivity index (χ1) is 9.67. The highest BCUT2D eigenvalue weighted by atomic mass is 16.6. The van der Waals surface area contributed by atoms with Gasteiger partial charge in [0.2, 0.25) is 0 Å². The van der Waals surface area contributed by atoms with E-state index in [9.17, 15) is 4.79 Å². The van der Waals surface area contributed by atoms with Gasteiger partial charge in [0.25, 0.3) is 0 Å². The van der Waals surface area contributed by atoms with Gasteiger partial charge in [0.05, 0.1) is 13.2 Å². The van der Waals surface area contributed by atoms with Crippen LogP contribution in [0, 0.1) is 0 Å². The van der Waals surface area contributed by atoms with E-state index in [1.54, 1.807) is 0 Å². The molecule has 0 spiro atoms. The highest BCUT2D eigenvalue weighted by Gasteiger charge is 2.22. The quantitative estimate of drug-likeness (QED) is 0.786. The minimum Gasteiger partial charge on any atom is -0.467 e. The van der Waals surface area contributed by atoms with Crippen LogP contribution in [0.2, 0.25) is 0 Å². The number of esters is 1. The molecule has 0 saturated heterocycles. The zero-order chi connectivity index (χ0) is 14.5. The molecule has 0 aliphatic heterocycles. The molecule has 1 aromatic heterocycles. The summed E-state index contributed by atoms with van der Waals surface area (Å²) in [7, 11) is 2.86. The van der Waals surface area contributed by atoms with Gasteiger partial charge in [-0.2, -0.15) is 0 Å². The predicted molar refractivity (Wildman–Crippen MR) is 76.5 cm³/mol. The third-order valence-corrected chi connectivity index (χ3v) is 3.42. The molecule has 2 atom stereocenters. The molecular weight excluding hydrogens is 254 g/mol. The Balaban J connectivity index is 2.22. The first-order valence-electron chi connectivity index (χ1n) is 6.50. The maximum atomic E-state index is 11.6. The van der Waals surface area contributed by atoms with Crippen molar-refractivity contribution in [1.29, 1.82) is 0 Å². The lowest BCUT2D eigenvalue weighted by Crippen LogP contribution is -2.15. The third-order valence-electron chi connectivity index (χ3n) is 3.42. The summed E-state index contributed by atoms with van der Waals surface area (Å²) in [6.45, 7) is 2.11. The zero-order valence-corrected chi connectivity index (χ0v) is 11.9. The van der Waals surface area contributed by atoms with Crippen molar-refractivity contribution in [2.45, 2.75) is 19.1 Å². The Morgan fingerprint density at radius 1 is 1.10 bits per heavy atom. The van der Waals surface area contributed by atoms with Gasteiger partial charge in [-0.15, -0.1) is 0 Å². The second-order valence-corrected chi connectivity index (χ2v) is 4.62. The summed E-state index contributed by atoms with van der Waals surface area (Å²) >= 11 is 0. The average molecular weight is 273 g/mol. The molecule has 0 aliphatic carbocycles. The van der Waals surface area contributed by atoms with Gasteiger partial charge in [-0.1, -0.05) is 30.3 Å². The van der Waals surface area contributed by atoms with Gasteiger partial charge in [0.1, 0.15) is 0 Å². The summed E-state index contributed by atoms with van der Waals surface area (Å²) in [5, 5.41) is 0. The molecule has 1 unspecified atom stereocenters. The summed E-state index contributed by atoms with van der Waals surface area (Å²) < 4.78 is 12.0. The molecule has 0 N–H and O–H groups in total. The van der Waals surface area contributed by atoms with Crippen LogP contribution in [0.3, 0.4) is 0 Å². The summed E-state index contributed by atoms with van der Waals surface area (Å²) in [5.74, 6) is -0.391. The number of carbonyl (C=O) groups excluding carboxylic acids is 1. The van der Waals surface area contributed by atoms with Gasteiger partial charge in [0, 0.05) is 25.1 Å². The van der Waals surface area contributed by atoms with E-state index in [0.29, 0.717) is 0 Å². The van der Waals surface area contributed by atoms with E-state index >= 15 is 0 Å². The Hall–Kier alpha value is -2.07. The van der Waals surface area contributed by atoms with Crippen LogP contribution in [0.25, 0.3) is 0 Å². The number of hydrogen-bond donors (Lipinski definition) is 0. The molecule has 0 bridgehead atoms. The van der Waals surface area contributed by atoms with E-state index in [4.69, 9.17) is 9.47 Å². The molecule has 2 aromatic rings. The van der Waals surface area contributed by atoms with Crippen LogP contribution in [0.15, 0.2) is 48.8 Å². The Morgan fingerprint density at radius 3 is 2.40 bits per heavy atom. The summed E-state index contributed by atoms with van der Waals surface area (Å²) in [6, 6.07) is 12.3. The van der Waals surface area contributed by atoms with Crippen LogP contribution in [0.4, 0.5) is 0 Å². The van der Waals surface area contributed by atoms with Crippen molar-refractivity contribution in [2.75, 3.05) is 14.2 Å². The molecule has 0 saturated carbocycles. The molecule has 1 heterocycles. The van der Waals surface area contributed by atoms with Crippen LogP contribution in [-0.4, -0.2) is 24.8 Å². The van der Waals surface area contributed by atoms with Gasteiger partial charge in [-0.3, -0.25) is 0 Å². The fraction of sp³-hybridized carbons (Fsp3) is 0.312. The lowest BCUT2D eigenvalue weighted by Gasteiger charge is -2.15. The topological polar surface area (TPSA) is 40.5 Å². The monoisotopic (exact) mass is 273 g/mol. The van der Waals surface area contributed by atoms with E-state index in [1.165, 1.54) is 19.8 Å². The minimum atomic E-state index is -0.677. The number of nitrogens with zero attached hydrogens (tertiary/aromatic N) is 1. The highest BCUT2D eigenvalue weighted by Crippen LogP contribution is 2.23. The smallest absolute Gasteiger partial charge is 0.339 e. The van der Waals surface area contributed by atoms with E-state index in [1.807, 2.05) is 36.7 Å². The van der Waals surface area contributed by atoms with Gasteiger partial charge >= 0.3 is 5.97 Å². The molecule has 1 aromatic carbocycles. The van der Waals surface area contributed by atoms with Gasteiger partial charge < -0.3 is 14.0 Å². The molecule has 0 amide bonds. The number of ether oxygens (including phenoxy) is 2. The third kappa shape index (κ3) is 2.91. The molecule has 0 aliphatic rings. The second kappa shape index (κ2) is 6.39.